The van der Waals surface area contributed by atoms with E-state index >= 15 is 0 Å². The molecule has 1 saturated heterocycles. The predicted octanol–water partition coefficient (Wildman–Crippen LogP) is 1.54. The molecular formula is C20H23N3O6S. The van der Waals surface area contributed by atoms with Crippen LogP contribution in [-0.2, 0) is 14.8 Å². The minimum Gasteiger partial charge on any atom is -0.495 e. The molecule has 3 heterocycles. The van der Waals surface area contributed by atoms with Gasteiger partial charge in [-0.1, -0.05) is 0 Å². The fourth-order valence-corrected chi connectivity index (χ4v) is 5.14. The Morgan fingerprint density at radius 1 is 1.23 bits per heavy atom. The van der Waals surface area contributed by atoms with Gasteiger partial charge in [-0.2, -0.15) is 4.31 Å². The summed E-state index contributed by atoms with van der Waals surface area (Å²) in [6.07, 6.45) is 1.35. The molecule has 0 N–H and O–H groups in total. The number of carbonyl (C=O) groups is 1. The molecule has 0 spiro atoms. The number of anilines is 1. The van der Waals surface area contributed by atoms with Gasteiger partial charge >= 0.3 is 0 Å². The van der Waals surface area contributed by atoms with Crippen molar-refractivity contribution >= 4 is 21.6 Å². The summed E-state index contributed by atoms with van der Waals surface area (Å²) < 4.78 is 44.0. The van der Waals surface area contributed by atoms with E-state index in [-0.39, 0.29) is 41.3 Å². The highest BCUT2D eigenvalue weighted by atomic mass is 32.2. The lowest BCUT2D eigenvalue weighted by Gasteiger charge is -2.32. The van der Waals surface area contributed by atoms with Gasteiger partial charge in [-0.05, 0) is 37.3 Å². The van der Waals surface area contributed by atoms with Crippen molar-refractivity contribution in [2.75, 3.05) is 44.9 Å². The van der Waals surface area contributed by atoms with Gasteiger partial charge in [0.05, 0.1) is 26.9 Å². The van der Waals surface area contributed by atoms with Gasteiger partial charge in [0, 0.05) is 24.8 Å². The maximum Gasteiger partial charge on any atom is 0.258 e. The Balaban J connectivity index is 1.72. The van der Waals surface area contributed by atoms with Crippen LogP contribution in [0.1, 0.15) is 17.3 Å². The van der Waals surface area contributed by atoms with Crippen LogP contribution in [0.5, 0.6) is 11.6 Å². The summed E-state index contributed by atoms with van der Waals surface area (Å²) in [6.45, 7) is 3.34. The first kappa shape index (κ1) is 20.6. The van der Waals surface area contributed by atoms with Crippen LogP contribution in [0.25, 0.3) is 0 Å². The first-order valence-electron chi connectivity index (χ1n) is 9.61. The second kappa shape index (κ2) is 8.21. The highest BCUT2D eigenvalue weighted by Crippen LogP contribution is 2.33. The first-order chi connectivity index (χ1) is 14.4. The molecule has 4 rings (SSSR count). The van der Waals surface area contributed by atoms with Crippen LogP contribution in [-0.4, -0.2) is 69.7 Å². The number of amides is 1. The second-order valence-corrected chi connectivity index (χ2v) is 8.96. The van der Waals surface area contributed by atoms with E-state index in [1.54, 1.807) is 29.3 Å². The van der Waals surface area contributed by atoms with Crippen molar-refractivity contribution in [3.63, 3.8) is 0 Å². The normalized spacial score (nSPS) is 19.7. The average molecular weight is 433 g/mol. The van der Waals surface area contributed by atoms with E-state index in [4.69, 9.17) is 14.2 Å². The largest absolute Gasteiger partial charge is 0.495 e. The van der Waals surface area contributed by atoms with E-state index in [2.05, 4.69) is 4.98 Å². The summed E-state index contributed by atoms with van der Waals surface area (Å²) in [4.78, 5) is 19.0. The summed E-state index contributed by atoms with van der Waals surface area (Å²) in [5, 5.41) is 0. The molecule has 2 aromatic rings. The van der Waals surface area contributed by atoms with Crippen LogP contribution in [0, 0.1) is 0 Å². The molecule has 1 amide bonds. The zero-order valence-electron chi connectivity index (χ0n) is 16.8. The molecule has 0 radical (unpaired) electrons. The number of nitrogens with zero attached hydrogens (tertiary/aromatic N) is 3. The number of ether oxygens (including phenoxy) is 3. The van der Waals surface area contributed by atoms with Crippen molar-refractivity contribution in [1.29, 1.82) is 0 Å². The van der Waals surface area contributed by atoms with Gasteiger partial charge in [-0.25, -0.2) is 13.4 Å². The van der Waals surface area contributed by atoms with Crippen LogP contribution in [0.15, 0.2) is 41.4 Å². The quantitative estimate of drug-likeness (QED) is 0.721. The molecule has 1 atom stereocenters. The maximum absolute atomic E-state index is 13.3. The average Bonchev–Trinajstić information content (AvgIpc) is 2.78. The van der Waals surface area contributed by atoms with Gasteiger partial charge < -0.3 is 14.2 Å². The summed E-state index contributed by atoms with van der Waals surface area (Å²) in [6, 6.07) is 7.92. The van der Waals surface area contributed by atoms with Crippen LogP contribution in [0.3, 0.4) is 0 Å². The summed E-state index contributed by atoms with van der Waals surface area (Å²) in [5.74, 6) is 0.232. The van der Waals surface area contributed by atoms with Gasteiger partial charge in [0.2, 0.25) is 15.9 Å². The summed E-state index contributed by atoms with van der Waals surface area (Å²) in [7, 11) is -2.44. The Morgan fingerprint density at radius 3 is 2.73 bits per heavy atom. The minimum absolute atomic E-state index is 0.0366. The van der Waals surface area contributed by atoms with E-state index in [0.29, 0.717) is 31.3 Å². The molecular weight excluding hydrogens is 410 g/mol. The van der Waals surface area contributed by atoms with Gasteiger partial charge in [0.1, 0.15) is 22.4 Å². The van der Waals surface area contributed by atoms with Gasteiger partial charge in [0.15, 0.2) is 0 Å². The highest BCUT2D eigenvalue weighted by Gasteiger charge is 2.33. The third kappa shape index (κ3) is 3.73. The number of morpholine rings is 1. The van der Waals surface area contributed by atoms with Crippen molar-refractivity contribution in [2.45, 2.75) is 17.9 Å². The molecule has 1 aromatic heterocycles. The molecule has 1 fully saturated rings. The van der Waals surface area contributed by atoms with Crippen molar-refractivity contribution < 1.29 is 27.4 Å². The second-order valence-electron chi connectivity index (χ2n) is 7.05. The number of hydrogen-bond donors (Lipinski definition) is 0. The number of carbonyl (C=O) groups excluding carboxylic acids is 1. The van der Waals surface area contributed by atoms with E-state index in [1.165, 1.54) is 23.5 Å². The number of rotatable bonds is 4. The number of pyridine rings is 1. The number of fused-ring (bicyclic) bond motifs is 1. The standard InChI is InChI=1S/C20H23N3O6S/c1-14-13-23(16-4-3-7-21-19(16)29-14)20(24)15-5-6-17(27-2)18(12-15)30(25,26)22-8-10-28-11-9-22/h3-7,12,14H,8-11,13H2,1-2H3/t14-/m1/s1. The zero-order chi connectivity index (χ0) is 21.3. The SMILES string of the molecule is COc1ccc(C(=O)N2C[C@@H](C)Oc3ncccc32)cc1S(=O)(=O)N1CCOCC1. The van der Waals surface area contributed by atoms with Crippen molar-refractivity contribution in [3.05, 3.63) is 42.1 Å². The van der Waals surface area contributed by atoms with Crippen LogP contribution < -0.4 is 14.4 Å². The van der Waals surface area contributed by atoms with E-state index in [0.717, 1.165) is 0 Å². The molecule has 30 heavy (non-hydrogen) atoms. The van der Waals surface area contributed by atoms with Gasteiger partial charge in [-0.3, -0.25) is 9.69 Å². The Kier molecular flexibility index (Phi) is 5.63. The molecule has 0 saturated carbocycles. The Hall–Kier alpha value is -2.69. The minimum atomic E-state index is -3.84. The maximum atomic E-state index is 13.3. The lowest BCUT2D eigenvalue weighted by atomic mass is 10.1. The lowest BCUT2D eigenvalue weighted by molar-refractivity contribution is 0.0729. The molecule has 0 aliphatic carbocycles. The number of aromatic nitrogens is 1. The zero-order valence-corrected chi connectivity index (χ0v) is 17.6. The van der Waals surface area contributed by atoms with Gasteiger partial charge in [-0.15, -0.1) is 0 Å². The number of sulfonamides is 1. The van der Waals surface area contributed by atoms with E-state index in [1.807, 2.05) is 6.92 Å². The molecule has 0 bridgehead atoms. The van der Waals surface area contributed by atoms with Crippen molar-refractivity contribution in [2.24, 2.45) is 0 Å². The highest BCUT2D eigenvalue weighted by molar-refractivity contribution is 7.89. The smallest absolute Gasteiger partial charge is 0.258 e. The molecule has 0 unspecified atom stereocenters. The number of benzene rings is 1. The van der Waals surface area contributed by atoms with Crippen LogP contribution in [0.2, 0.25) is 0 Å². The molecule has 9 nitrogen and oxygen atoms in total. The Bertz CT molecular complexity index is 1050. The predicted molar refractivity (Wildman–Crippen MR) is 109 cm³/mol. The number of hydrogen-bond acceptors (Lipinski definition) is 7. The van der Waals surface area contributed by atoms with E-state index < -0.39 is 10.0 Å². The third-order valence-corrected chi connectivity index (χ3v) is 6.96. The molecule has 2 aliphatic rings. The molecule has 10 heteroatoms. The first-order valence-corrected chi connectivity index (χ1v) is 11.1. The van der Waals surface area contributed by atoms with Crippen LogP contribution >= 0.6 is 0 Å². The Morgan fingerprint density at radius 2 is 2.00 bits per heavy atom. The topological polar surface area (TPSA) is 98.3 Å². The van der Waals surface area contributed by atoms with Crippen LogP contribution in [0.4, 0.5) is 5.69 Å². The molecule has 2 aliphatic heterocycles. The fraction of sp³-hybridized carbons (Fsp3) is 0.400. The lowest BCUT2D eigenvalue weighted by Crippen LogP contribution is -2.43. The molecule has 1 aromatic carbocycles. The van der Waals surface area contributed by atoms with Gasteiger partial charge in [0.25, 0.3) is 5.91 Å². The summed E-state index contributed by atoms with van der Waals surface area (Å²) >= 11 is 0. The Labute approximate surface area is 175 Å². The summed E-state index contributed by atoms with van der Waals surface area (Å²) in [5.41, 5.74) is 0.792. The van der Waals surface area contributed by atoms with Crippen molar-refractivity contribution in [1.82, 2.24) is 9.29 Å². The third-order valence-electron chi connectivity index (χ3n) is 5.04. The fourth-order valence-electron chi connectivity index (χ4n) is 3.55. The van der Waals surface area contributed by atoms with E-state index in [9.17, 15) is 13.2 Å². The number of methoxy groups -OCH3 is 1. The molecule has 160 valence electrons. The monoisotopic (exact) mass is 433 g/mol. The van der Waals surface area contributed by atoms with Crippen molar-refractivity contribution in [3.8, 4) is 11.6 Å².